The van der Waals surface area contributed by atoms with Gasteiger partial charge in [-0.1, -0.05) is 12.1 Å². The number of benzene rings is 2. The van der Waals surface area contributed by atoms with Gasteiger partial charge in [-0.15, -0.1) is 11.3 Å². The van der Waals surface area contributed by atoms with Crippen LogP contribution in [-0.4, -0.2) is 81.9 Å². The Morgan fingerprint density at radius 2 is 1.67 bits per heavy atom. The summed E-state index contributed by atoms with van der Waals surface area (Å²) in [7, 11) is 4.77. The van der Waals surface area contributed by atoms with Crippen molar-refractivity contribution < 1.29 is 33.3 Å². The highest BCUT2D eigenvalue weighted by Gasteiger charge is 2.22. The van der Waals surface area contributed by atoms with Gasteiger partial charge in [0.2, 0.25) is 5.91 Å². The third-order valence-corrected chi connectivity index (χ3v) is 7.30. The number of esters is 1. The predicted octanol–water partition coefficient (Wildman–Crippen LogP) is 5.08. The van der Waals surface area contributed by atoms with Crippen molar-refractivity contribution in [2.75, 3.05) is 59.5 Å². The molecule has 0 saturated heterocycles. The molecule has 0 bridgehead atoms. The first kappa shape index (κ1) is 32.4. The number of nitrogens with zero attached hydrogens (tertiary/aromatic N) is 2. The highest BCUT2D eigenvalue weighted by molar-refractivity contribution is 7.09. The second-order valence-corrected chi connectivity index (χ2v) is 10.4. The molecule has 1 aromatic heterocycles. The number of hydrogen-bond donors (Lipinski definition) is 1. The summed E-state index contributed by atoms with van der Waals surface area (Å²) < 4.78 is 21.0. The molecule has 226 valence electrons. The summed E-state index contributed by atoms with van der Waals surface area (Å²) in [4.78, 5) is 43.2. The molecule has 3 rings (SSSR count). The number of ether oxygens (including phenoxy) is 4. The molecule has 0 saturated carbocycles. The van der Waals surface area contributed by atoms with Crippen LogP contribution in [0, 0.1) is 0 Å². The van der Waals surface area contributed by atoms with Gasteiger partial charge in [-0.3, -0.25) is 4.79 Å². The lowest BCUT2D eigenvalue weighted by molar-refractivity contribution is -0.132. The Balaban J connectivity index is 1.73. The maximum Gasteiger partial charge on any atom is 0.338 e. The molecule has 42 heavy (non-hydrogen) atoms. The largest absolute Gasteiger partial charge is 0.493 e. The van der Waals surface area contributed by atoms with Crippen molar-refractivity contribution in [2.24, 2.45) is 0 Å². The summed E-state index contributed by atoms with van der Waals surface area (Å²) in [5.41, 5.74) is 1.89. The number of thiophene rings is 1. The number of rotatable bonds is 16. The standard InChI is InChI=1S/C31H39N3O7S/c1-5-41-30(36)24-10-12-25(13-11-24)32-31(37)34(16-7-18-38-2)22-29(35)33(21-26-8-6-19-42-26)17-15-23-9-14-27(39-3)28(20-23)40-4/h6,8-14,19-20H,5,7,15-18,21-22H2,1-4H3,(H,32,37). The fourth-order valence-corrected chi connectivity index (χ4v) is 4.92. The van der Waals surface area contributed by atoms with Crippen molar-refractivity contribution in [3.63, 3.8) is 0 Å². The topological polar surface area (TPSA) is 107 Å². The molecule has 2 aromatic carbocycles. The Morgan fingerprint density at radius 1 is 0.905 bits per heavy atom. The van der Waals surface area contributed by atoms with Crippen molar-refractivity contribution in [3.8, 4) is 11.5 Å². The fraction of sp³-hybridized carbons (Fsp3) is 0.387. The van der Waals surface area contributed by atoms with Crippen molar-refractivity contribution in [1.82, 2.24) is 9.80 Å². The van der Waals surface area contributed by atoms with Gasteiger partial charge in [-0.05, 0) is 73.2 Å². The van der Waals surface area contributed by atoms with Crippen LogP contribution < -0.4 is 14.8 Å². The van der Waals surface area contributed by atoms with E-state index in [1.807, 2.05) is 35.7 Å². The summed E-state index contributed by atoms with van der Waals surface area (Å²) in [6.07, 6.45) is 1.16. The molecule has 0 fully saturated rings. The molecule has 10 nitrogen and oxygen atoms in total. The van der Waals surface area contributed by atoms with Crippen molar-refractivity contribution in [1.29, 1.82) is 0 Å². The highest BCUT2D eigenvalue weighted by atomic mass is 32.1. The molecule has 11 heteroatoms. The van der Waals surface area contributed by atoms with E-state index in [4.69, 9.17) is 18.9 Å². The third kappa shape index (κ3) is 9.78. The molecule has 0 aliphatic heterocycles. The number of nitrogens with one attached hydrogen (secondary N) is 1. The van der Waals surface area contributed by atoms with Crippen LogP contribution in [0.4, 0.5) is 10.5 Å². The van der Waals surface area contributed by atoms with Gasteiger partial charge in [0.05, 0.1) is 32.9 Å². The number of amides is 3. The predicted molar refractivity (Wildman–Crippen MR) is 162 cm³/mol. The maximum atomic E-state index is 13.7. The first-order chi connectivity index (χ1) is 20.4. The summed E-state index contributed by atoms with van der Waals surface area (Å²) in [5.74, 6) is 0.665. The lowest BCUT2D eigenvalue weighted by Gasteiger charge is -2.28. The van der Waals surface area contributed by atoms with E-state index in [0.29, 0.717) is 61.8 Å². The minimum atomic E-state index is -0.430. The molecule has 3 amide bonds. The van der Waals surface area contributed by atoms with Gasteiger partial charge in [0.25, 0.3) is 0 Å². The Bertz CT molecular complexity index is 1280. The van der Waals surface area contributed by atoms with Gasteiger partial charge >= 0.3 is 12.0 Å². The van der Waals surface area contributed by atoms with Crippen LogP contribution in [0.3, 0.4) is 0 Å². The van der Waals surface area contributed by atoms with Gasteiger partial charge in [0.15, 0.2) is 11.5 Å². The van der Waals surface area contributed by atoms with Crippen molar-refractivity contribution >= 4 is 34.9 Å². The zero-order valence-corrected chi connectivity index (χ0v) is 25.4. The van der Waals surface area contributed by atoms with Crippen LogP contribution in [0.15, 0.2) is 60.0 Å². The summed E-state index contributed by atoms with van der Waals surface area (Å²) in [5, 5.41) is 4.81. The molecule has 0 spiro atoms. The fourth-order valence-electron chi connectivity index (χ4n) is 4.20. The van der Waals surface area contributed by atoms with Crippen LogP contribution in [0.1, 0.15) is 34.1 Å². The molecular formula is C31H39N3O7S. The third-order valence-electron chi connectivity index (χ3n) is 6.43. The number of carbonyl (C=O) groups is 3. The maximum absolute atomic E-state index is 13.7. The van der Waals surface area contributed by atoms with Crippen LogP contribution in [-0.2, 0) is 27.2 Å². The van der Waals surface area contributed by atoms with Crippen LogP contribution in [0.5, 0.6) is 11.5 Å². The number of carbonyl (C=O) groups excluding carboxylic acids is 3. The normalized spacial score (nSPS) is 10.6. The van der Waals surface area contributed by atoms with Crippen LogP contribution in [0.2, 0.25) is 0 Å². The zero-order chi connectivity index (χ0) is 30.3. The molecule has 0 atom stereocenters. The van der Waals surface area contributed by atoms with Crippen molar-refractivity contribution in [3.05, 3.63) is 76.0 Å². The second kappa shape index (κ2) is 17.0. The highest BCUT2D eigenvalue weighted by Crippen LogP contribution is 2.28. The zero-order valence-electron chi connectivity index (χ0n) is 24.6. The van der Waals surface area contributed by atoms with Gasteiger partial charge in [0, 0.05) is 37.4 Å². The number of hydrogen-bond acceptors (Lipinski definition) is 8. The smallest absolute Gasteiger partial charge is 0.338 e. The van der Waals surface area contributed by atoms with E-state index in [0.717, 1.165) is 10.4 Å². The van der Waals surface area contributed by atoms with E-state index in [9.17, 15) is 14.4 Å². The average Bonchev–Trinajstić information content (AvgIpc) is 3.52. The van der Waals surface area contributed by atoms with Crippen molar-refractivity contribution in [2.45, 2.75) is 26.3 Å². The second-order valence-electron chi connectivity index (χ2n) is 9.33. The molecule has 0 aliphatic carbocycles. The molecular weight excluding hydrogens is 558 g/mol. The summed E-state index contributed by atoms with van der Waals surface area (Å²) in [6.45, 7) is 3.58. The Kier molecular flexibility index (Phi) is 13.1. The van der Waals surface area contributed by atoms with Crippen LogP contribution >= 0.6 is 11.3 Å². The van der Waals surface area contributed by atoms with E-state index in [1.54, 1.807) is 68.8 Å². The first-order valence-corrected chi connectivity index (χ1v) is 14.6. The molecule has 3 aromatic rings. The number of methoxy groups -OCH3 is 3. The van der Waals surface area contributed by atoms with E-state index in [1.165, 1.54) is 4.90 Å². The molecule has 1 heterocycles. The quantitative estimate of drug-likeness (QED) is 0.181. The van der Waals surface area contributed by atoms with E-state index < -0.39 is 12.0 Å². The SMILES string of the molecule is CCOC(=O)c1ccc(NC(=O)N(CCCOC)CC(=O)N(CCc2ccc(OC)c(OC)c2)Cc2cccs2)cc1. The average molecular weight is 598 g/mol. The van der Waals surface area contributed by atoms with Gasteiger partial charge in [0.1, 0.15) is 6.54 Å². The van der Waals surface area contributed by atoms with Gasteiger partial charge in [-0.2, -0.15) is 0 Å². The lowest BCUT2D eigenvalue weighted by Crippen LogP contribution is -2.45. The Morgan fingerprint density at radius 3 is 2.31 bits per heavy atom. The van der Waals surface area contributed by atoms with Crippen LogP contribution in [0.25, 0.3) is 0 Å². The van der Waals surface area contributed by atoms with Gasteiger partial charge in [-0.25, -0.2) is 9.59 Å². The molecule has 0 aliphatic rings. The van der Waals surface area contributed by atoms with E-state index >= 15 is 0 Å². The van der Waals surface area contributed by atoms with E-state index in [2.05, 4.69) is 5.32 Å². The minimum absolute atomic E-state index is 0.103. The Labute approximate surface area is 251 Å². The lowest BCUT2D eigenvalue weighted by atomic mass is 10.1. The summed E-state index contributed by atoms with van der Waals surface area (Å²) in [6, 6.07) is 15.7. The molecule has 1 N–H and O–H groups in total. The first-order valence-electron chi connectivity index (χ1n) is 13.7. The Hall–Kier alpha value is -4.09. The minimum Gasteiger partial charge on any atom is -0.493 e. The molecule has 0 radical (unpaired) electrons. The van der Waals surface area contributed by atoms with Gasteiger partial charge < -0.3 is 34.1 Å². The monoisotopic (exact) mass is 597 g/mol. The number of anilines is 1. The number of urea groups is 1. The van der Waals surface area contributed by atoms with E-state index in [-0.39, 0.29) is 19.1 Å². The molecule has 0 unspecified atom stereocenters. The summed E-state index contributed by atoms with van der Waals surface area (Å²) >= 11 is 1.58.